The molecule has 9 nitrogen and oxygen atoms in total. The summed E-state index contributed by atoms with van der Waals surface area (Å²) in [6.07, 6.45) is 1.40. The highest BCUT2D eigenvalue weighted by molar-refractivity contribution is 7.92. The molecule has 0 aliphatic carbocycles. The number of aryl methyl sites for hydroxylation is 1. The lowest BCUT2D eigenvalue weighted by Gasteiger charge is -2.24. The van der Waals surface area contributed by atoms with Gasteiger partial charge in [0.15, 0.2) is 15.7 Å². The quantitative estimate of drug-likeness (QED) is 0.223. The molecular formula is C29H40ClN5O4S. The molecule has 0 amide bonds. The highest BCUT2D eigenvalue weighted by Gasteiger charge is 2.23. The molecule has 3 aromatic rings. The van der Waals surface area contributed by atoms with Crippen LogP contribution in [0.5, 0.6) is 5.75 Å². The van der Waals surface area contributed by atoms with E-state index in [2.05, 4.69) is 32.4 Å². The van der Waals surface area contributed by atoms with Crippen molar-refractivity contribution in [3.63, 3.8) is 0 Å². The fourth-order valence-corrected chi connectivity index (χ4v) is 5.69. The minimum absolute atomic E-state index is 0.0637. The summed E-state index contributed by atoms with van der Waals surface area (Å²) in [5.41, 5.74) is 3.30. The summed E-state index contributed by atoms with van der Waals surface area (Å²) in [5, 5.41) is 15.3. The molecule has 1 atom stereocenters. The van der Waals surface area contributed by atoms with E-state index < -0.39 is 15.1 Å². The summed E-state index contributed by atoms with van der Waals surface area (Å²) in [5.74, 6) is 1.41. The summed E-state index contributed by atoms with van der Waals surface area (Å²) in [7, 11) is -1.55. The molecule has 1 aromatic heterocycles. The lowest BCUT2D eigenvalue weighted by molar-refractivity contribution is 0.216. The van der Waals surface area contributed by atoms with E-state index in [1.165, 1.54) is 6.20 Å². The first-order chi connectivity index (χ1) is 18.8. The minimum Gasteiger partial charge on any atom is -0.489 e. The standard InChI is InChI=1S/C29H40ClN5O4S/c1-18(2)39-26-15-22(21(6)17-35(7)12-13-36)20(5)14-25(26)33-29-31-16-23(30)28(34-29)32-24-10-8-9-11-27(24)40(37,38)19(3)4/h8-11,14-16,18-19,21,36H,12-13,17H2,1-7H3,(H2,31,32,33,34). The van der Waals surface area contributed by atoms with Crippen LogP contribution in [0.15, 0.2) is 47.5 Å². The largest absolute Gasteiger partial charge is 0.489 e. The fourth-order valence-electron chi connectivity index (χ4n) is 4.35. The molecule has 0 bridgehead atoms. The van der Waals surface area contributed by atoms with Crippen LogP contribution in [-0.2, 0) is 9.84 Å². The Balaban J connectivity index is 1.95. The molecule has 3 rings (SSSR count). The van der Waals surface area contributed by atoms with E-state index in [0.717, 1.165) is 17.7 Å². The van der Waals surface area contributed by atoms with Crippen molar-refractivity contribution in [2.75, 3.05) is 37.4 Å². The second-order valence-electron chi connectivity index (χ2n) is 10.5. The van der Waals surface area contributed by atoms with Crippen LogP contribution in [0.1, 0.15) is 51.7 Å². The molecule has 1 unspecified atom stereocenters. The summed E-state index contributed by atoms with van der Waals surface area (Å²) in [6, 6.07) is 10.7. The van der Waals surface area contributed by atoms with E-state index in [1.54, 1.807) is 38.1 Å². The molecule has 11 heteroatoms. The van der Waals surface area contributed by atoms with Gasteiger partial charge in [-0.15, -0.1) is 0 Å². The molecule has 1 heterocycles. The Morgan fingerprint density at radius 3 is 2.42 bits per heavy atom. The average molecular weight is 590 g/mol. The number of hydrogen-bond acceptors (Lipinski definition) is 9. The number of aliphatic hydroxyl groups excluding tert-OH is 1. The van der Waals surface area contributed by atoms with E-state index in [-0.39, 0.29) is 40.3 Å². The van der Waals surface area contributed by atoms with Crippen LogP contribution in [0.3, 0.4) is 0 Å². The third kappa shape index (κ3) is 7.84. The van der Waals surface area contributed by atoms with Gasteiger partial charge < -0.3 is 25.4 Å². The number of para-hydroxylation sites is 1. The highest BCUT2D eigenvalue weighted by atomic mass is 35.5. The van der Waals surface area contributed by atoms with Crippen LogP contribution in [-0.4, -0.2) is 66.5 Å². The number of ether oxygens (including phenoxy) is 1. The van der Waals surface area contributed by atoms with Crippen molar-refractivity contribution in [3.05, 3.63) is 58.7 Å². The molecule has 0 saturated carbocycles. The number of nitrogens with zero attached hydrogens (tertiary/aromatic N) is 3. The molecule has 218 valence electrons. The molecule has 0 radical (unpaired) electrons. The predicted molar refractivity (Wildman–Crippen MR) is 162 cm³/mol. The Labute approximate surface area is 242 Å². The third-order valence-electron chi connectivity index (χ3n) is 6.39. The molecular weight excluding hydrogens is 550 g/mol. The molecule has 0 aliphatic heterocycles. The van der Waals surface area contributed by atoms with E-state index in [9.17, 15) is 13.5 Å². The average Bonchev–Trinajstić information content (AvgIpc) is 2.87. The van der Waals surface area contributed by atoms with Crippen LogP contribution in [0.2, 0.25) is 5.02 Å². The Hall–Kier alpha value is -2.92. The van der Waals surface area contributed by atoms with Gasteiger partial charge in [-0.05, 0) is 83.0 Å². The van der Waals surface area contributed by atoms with Crippen molar-refractivity contribution in [3.8, 4) is 5.75 Å². The van der Waals surface area contributed by atoms with Gasteiger partial charge in [-0.3, -0.25) is 0 Å². The van der Waals surface area contributed by atoms with Crippen LogP contribution in [0.25, 0.3) is 0 Å². The van der Waals surface area contributed by atoms with Crippen molar-refractivity contribution >= 4 is 44.6 Å². The van der Waals surface area contributed by atoms with Gasteiger partial charge in [0.1, 0.15) is 10.8 Å². The molecule has 0 aliphatic rings. The van der Waals surface area contributed by atoms with Crippen LogP contribution in [0, 0.1) is 6.92 Å². The van der Waals surface area contributed by atoms with Crippen molar-refractivity contribution in [1.29, 1.82) is 0 Å². The first-order valence-electron chi connectivity index (χ1n) is 13.3. The van der Waals surface area contributed by atoms with E-state index in [1.807, 2.05) is 40.0 Å². The van der Waals surface area contributed by atoms with Crippen LogP contribution >= 0.6 is 11.6 Å². The van der Waals surface area contributed by atoms with Crippen molar-refractivity contribution in [1.82, 2.24) is 14.9 Å². The van der Waals surface area contributed by atoms with Gasteiger partial charge in [-0.25, -0.2) is 13.4 Å². The van der Waals surface area contributed by atoms with Gasteiger partial charge in [0.25, 0.3) is 0 Å². The number of halogens is 1. The lowest BCUT2D eigenvalue weighted by Crippen LogP contribution is -2.26. The van der Waals surface area contributed by atoms with Crippen molar-refractivity contribution < 1.29 is 18.3 Å². The molecule has 2 aromatic carbocycles. The Morgan fingerprint density at radius 1 is 1.07 bits per heavy atom. The molecule has 0 fully saturated rings. The molecule has 3 N–H and O–H groups in total. The van der Waals surface area contributed by atoms with Gasteiger partial charge in [0.2, 0.25) is 5.95 Å². The number of aliphatic hydroxyl groups is 1. The molecule has 40 heavy (non-hydrogen) atoms. The van der Waals surface area contributed by atoms with Crippen molar-refractivity contribution in [2.45, 2.75) is 63.7 Å². The van der Waals surface area contributed by atoms with Gasteiger partial charge in [-0.1, -0.05) is 30.7 Å². The maximum atomic E-state index is 12.9. The number of rotatable bonds is 13. The van der Waals surface area contributed by atoms with Gasteiger partial charge in [0.05, 0.1) is 40.4 Å². The Morgan fingerprint density at radius 2 is 1.77 bits per heavy atom. The lowest BCUT2D eigenvalue weighted by atomic mass is 9.95. The number of likely N-dealkylation sites (N-methyl/N-ethyl adjacent to an activating group) is 1. The van der Waals surface area contributed by atoms with Gasteiger partial charge in [-0.2, -0.15) is 4.98 Å². The number of anilines is 4. The first-order valence-corrected chi connectivity index (χ1v) is 15.3. The monoisotopic (exact) mass is 589 g/mol. The number of benzene rings is 2. The second kappa shape index (κ2) is 13.6. The summed E-state index contributed by atoms with van der Waals surface area (Å²) in [4.78, 5) is 11.2. The summed E-state index contributed by atoms with van der Waals surface area (Å²) in [6.45, 7) is 12.9. The second-order valence-corrected chi connectivity index (χ2v) is 13.4. The van der Waals surface area contributed by atoms with Gasteiger partial charge in [0, 0.05) is 13.1 Å². The number of aromatic nitrogens is 2. The zero-order valence-corrected chi connectivity index (χ0v) is 25.8. The molecule has 0 spiro atoms. The summed E-state index contributed by atoms with van der Waals surface area (Å²) < 4.78 is 32.0. The van der Waals surface area contributed by atoms with E-state index >= 15 is 0 Å². The normalized spacial score (nSPS) is 12.7. The highest BCUT2D eigenvalue weighted by Crippen LogP contribution is 2.36. The Kier molecular flexibility index (Phi) is 10.8. The first kappa shape index (κ1) is 31.6. The maximum absolute atomic E-state index is 12.9. The number of nitrogens with one attached hydrogen (secondary N) is 2. The SMILES string of the molecule is Cc1cc(Nc2ncc(Cl)c(Nc3ccccc3S(=O)(=O)C(C)C)n2)c(OC(C)C)cc1C(C)CN(C)CCO. The van der Waals surface area contributed by atoms with Crippen molar-refractivity contribution in [2.24, 2.45) is 0 Å². The zero-order chi connectivity index (χ0) is 29.6. The van der Waals surface area contributed by atoms with Crippen LogP contribution in [0.4, 0.5) is 23.1 Å². The fraction of sp³-hybridized carbons (Fsp3) is 0.448. The van der Waals surface area contributed by atoms with Gasteiger partial charge >= 0.3 is 0 Å². The summed E-state index contributed by atoms with van der Waals surface area (Å²) >= 11 is 6.41. The van der Waals surface area contributed by atoms with E-state index in [0.29, 0.717) is 23.7 Å². The predicted octanol–water partition coefficient (Wildman–Crippen LogP) is 5.92. The van der Waals surface area contributed by atoms with E-state index in [4.69, 9.17) is 16.3 Å². The topological polar surface area (TPSA) is 117 Å². The Bertz CT molecular complexity index is 1420. The zero-order valence-electron chi connectivity index (χ0n) is 24.2. The molecule has 0 saturated heterocycles. The number of sulfone groups is 1. The maximum Gasteiger partial charge on any atom is 0.229 e. The minimum atomic E-state index is -3.54. The van der Waals surface area contributed by atoms with Crippen LogP contribution < -0.4 is 15.4 Å². The smallest absolute Gasteiger partial charge is 0.229 e. The number of hydrogen-bond donors (Lipinski definition) is 3. The third-order valence-corrected chi connectivity index (χ3v) is 8.87.